The Morgan fingerprint density at radius 3 is 1.94 bits per heavy atom. The summed E-state index contributed by atoms with van der Waals surface area (Å²) in [6.07, 6.45) is 6.96. The second-order valence-electron chi connectivity index (χ2n) is 6.69. The summed E-state index contributed by atoms with van der Waals surface area (Å²) < 4.78 is 2.79. The summed E-state index contributed by atoms with van der Waals surface area (Å²) in [4.78, 5) is 12.3. The highest BCUT2D eigenvalue weighted by molar-refractivity contribution is 9.10. The Morgan fingerprint density at radius 1 is 0.871 bits per heavy atom. The molecule has 31 heavy (non-hydrogen) atoms. The van der Waals surface area contributed by atoms with Gasteiger partial charge in [0.25, 0.3) is 0 Å². The Balaban J connectivity index is 0.000000183. The number of rotatable bonds is 3. The summed E-state index contributed by atoms with van der Waals surface area (Å²) in [5, 5.41) is 10.2. The quantitative estimate of drug-likeness (QED) is 0.402. The molecule has 4 aromatic heterocycles. The second-order valence-corrected chi connectivity index (χ2v) is 7.61. The number of nitrogen functional groups attached to an aromatic ring is 2. The molecule has 10 nitrogen and oxygen atoms in total. The Labute approximate surface area is 190 Å². The maximum atomic E-state index is 5.56. The largest absolute Gasteiger partial charge is 0.384 e. The maximum Gasteiger partial charge on any atom is 0.145 e. The molecule has 0 amide bonds. The number of hydrogen-bond acceptors (Lipinski definition) is 8. The molecular formula is C20H27BrN10. The van der Waals surface area contributed by atoms with Crippen molar-refractivity contribution in [2.24, 2.45) is 0 Å². The first-order valence-corrected chi connectivity index (χ1v) is 10.0. The number of aromatic amines is 1. The van der Waals surface area contributed by atoms with E-state index in [1.165, 1.54) is 0 Å². The minimum absolute atomic E-state index is 0.512. The van der Waals surface area contributed by atoms with Crippen molar-refractivity contribution in [1.29, 1.82) is 0 Å². The van der Waals surface area contributed by atoms with Crippen LogP contribution in [0.15, 0.2) is 65.7 Å². The van der Waals surface area contributed by atoms with Crippen LogP contribution in [0.5, 0.6) is 0 Å². The van der Waals surface area contributed by atoms with Crippen molar-refractivity contribution in [3.63, 3.8) is 0 Å². The molecule has 0 aliphatic carbocycles. The van der Waals surface area contributed by atoms with E-state index in [1.54, 1.807) is 35.4 Å². The number of pyridine rings is 2. The first-order valence-electron chi connectivity index (χ1n) is 9.25. The van der Waals surface area contributed by atoms with Crippen LogP contribution < -0.4 is 21.3 Å². The highest BCUT2D eigenvalue weighted by Gasteiger charge is 2.02. The number of H-pyrrole nitrogens is 1. The number of hydrogen-bond donors (Lipinski definition) is 3. The van der Waals surface area contributed by atoms with Crippen LogP contribution in [0.3, 0.4) is 0 Å². The van der Waals surface area contributed by atoms with Gasteiger partial charge in [0.05, 0.1) is 11.9 Å². The molecule has 0 unspecified atom stereocenters. The predicted octanol–water partition coefficient (Wildman–Crippen LogP) is 2.82. The van der Waals surface area contributed by atoms with Gasteiger partial charge in [-0.15, -0.1) is 0 Å². The molecule has 0 radical (unpaired) electrons. The van der Waals surface area contributed by atoms with Gasteiger partial charge in [0.15, 0.2) is 0 Å². The number of nitrogens with two attached hydrogens (primary N) is 2. The number of aromatic nitrogens is 6. The van der Waals surface area contributed by atoms with Gasteiger partial charge >= 0.3 is 0 Å². The lowest BCUT2D eigenvalue weighted by molar-refractivity contribution is 0.880. The van der Waals surface area contributed by atoms with Crippen LogP contribution in [0.2, 0.25) is 0 Å². The molecule has 4 heterocycles. The van der Waals surface area contributed by atoms with Crippen molar-refractivity contribution in [2.75, 3.05) is 49.5 Å². The summed E-state index contributed by atoms with van der Waals surface area (Å²) >= 11 is 3.36. The number of halogens is 1. The van der Waals surface area contributed by atoms with Gasteiger partial charge in [-0.3, -0.25) is 5.10 Å². The van der Waals surface area contributed by atoms with E-state index >= 15 is 0 Å². The molecule has 4 aromatic rings. The van der Waals surface area contributed by atoms with Crippen LogP contribution in [0.4, 0.5) is 23.3 Å². The molecule has 5 N–H and O–H groups in total. The third-order valence-corrected chi connectivity index (χ3v) is 4.24. The summed E-state index contributed by atoms with van der Waals surface area (Å²) in [7, 11) is 7.83. The monoisotopic (exact) mass is 486 g/mol. The summed E-state index contributed by atoms with van der Waals surface area (Å²) in [5.74, 6) is 2.98. The van der Waals surface area contributed by atoms with E-state index in [0.717, 1.165) is 21.8 Å². The van der Waals surface area contributed by atoms with Crippen LogP contribution in [-0.2, 0) is 0 Å². The molecule has 0 aliphatic rings. The summed E-state index contributed by atoms with van der Waals surface area (Å²) in [6, 6.07) is 11.2. The van der Waals surface area contributed by atoms with Crippen LogP contribution in [0, 0.1) is 0 Å². The minimum atomic E-state index is 0.512. The van der Waals surface area contributed by atoms with Gasteiger partial charge < -0.3 is 21.3 Å². The van der Waals surface area contributed by atoms with Crippen LogP contribution in [0.25, 0.3) is 5.69 Å². The van der Waals surface area contributed by atoms with Crippen molar-refractivity contribution in [3.8, 4) is 5.69 Å². The molecule has 0 bridgehead atoms. The maximum absolute atomic E-state index is 5.56. The van der Waals surface area contributed by atoms with E-state index in [2.05, 4.69) is 41.2 Å². The third-order valence-electron chi connectivity index (χ3n) is 3.75. The van der Waals surface area contributed by atoms with Gasteiger partial charge in [0, 0.05) is 63.4 Å². The van der Waals surface area contributed by atoms with Crippen LogP contribution in [0.1, 0.15) is 0 Å². The first-order chi connectivity index (χ1) is 14.8. The van der Waals surface area contributed by atoms with Crippen LogP contribution in [-0.4, -0.2) is 58.1 Å². The first kappa shape index (κ1) is 23.7. The molecule has 0 fully saturated rings. The van der Waals surface area contributed by atoms with Crippen molar-refractivity contribution in [2.45, 2.75) is 0 Å². The fourth-order valence-electron chi connectivity index (χ4n) is 2.18. The van der Waals surface area contributed by atoms with Crippen molar-refractivity contribution >= 4 is 39.2 Å². The smallest absolute Gasteiger partial charge is 0.145 e. The van der Waals surface area contributed by atoms with Gasteiger partial charge in [0.1, 0.15) is 23.3 Å². The topological polar surface area (TPSA) is 131 Å². The van der Waals surface area contributed by atoms with E-state index in [4.69, 9.17) is 11.5 Å². The van der Waals surface area contributed by atoms with Gasteiger partial charge in [-0.2, -0.15) is 10.2 Å². The Kier molecular flexibility index (Phi) is 8.82. The average Bonchev–Trinajstić information content (AvgIpc) is 3.40. The lowest BCUT2D eigenvalue weighted by atomic mass is 10.4. The molecule has 0 spiro atoms. The van der Waals surface area contributed by atoms with Gasteiger partial charge in [-0.1, -0.05) is 15.9 Å². The number of anilines is 4. The van der Waals surface area contributed by atoms with Crippen molar-refractivity contribution < 1.29 is 0 Å². The van der Waals surface area contributed by atoms with Gasteiger partial charge in [0.2, 0.25) is 0 Å². The van der Waals surface area contributed by atoms with Gasteiger partial charge in [-0.25, -0.2) is 14.6 Å². The van der Waals surface area contributed by atoms with Crippen LogP contribution >= 0.6 is 15.9 Å². The van der Waals surface area contributed by atoms with E-state index < -0.39 is 0 Å². The zero-order valence-electron chi connectivity index (χ0n) is 17.9. The molecule has 11 heteroatoms. The molecule has 0 saturated carbocycles. The predicted molar refractivity (Wildman–Crippen MR) is 129 cm³/mol. The number of nitrogens with zero attached hydrogens (tertiary/aromatic N) is 7. The average molecular weight is 487 g/mol. The molecule has 0 aliphatic heterocycles. The second kappa shape index (κ2) is 11.6. The SMILES string of the molecule is CN(C)c1cc(-n2ccc(N)n2)ccn1.CN(C)c1cc(Br)ccn1.Nc1ccn[nH]1. The zero-order valence-corrected chi connectivity index (χ0v) is 19.5. The molecular weight excluding hydrogens is 460 g/mol. The Hall–Kier alpha value is -3.60. The van der Waals surface area contributed by atoms with Crippen molar-refractivity contribution in [1.82, 2.24) is 29.9 Å². The molecule has 4 rings (SSSR count). The molecule has 0 aromatic carbocycles. The Morgan fingerprint density at radius 2 is 1.52 bits per heavy atom. The number of nitrogens with one attached hydrogen (secondary N) is 1. The van der Waals surface area contributed by atoms with Gasteiger partial charge in [-0.05, 0) is 24.3 Å². The van der Waals surface area contributed by atoms with E-state index in [0.29, 0.717) is 11.6 Å². The van der Waals surface area contributed by atoms with E-state index in [-0.39, 0.29) is 0 Å². The minimum Gasteiger partial charge on any atom is -0.384 e. The van der Waals surface area contributed by atoms with E-state index in [1.807, 2.05) is 68.5 Å². The van der Waals surface area contributed by atoms with Crippen molar-refractivity contribution in [3.05, 3.63) is 65.7 Å². The lowest BCUT2D eigenvalue weighted by Crippen LogP contribution is -2.11. The standard InChI is InChI=1S/C10H13N5.C7H9BrN2.C3H5N3/c1-14(2)10-7-8(3-5-12-10)15-6-4-9(11)13-15;1-10(2)7-5-6(8)3-4-9-7;4-3-1-2-5-6-3/h3-7H,1-2H3,(H2,11,13);3-5H,1-2H3;1-2H,(H3,4,5,6). The third kappa shape index (κ3) is 7.97. The molecule has 0 saturated heterocycles. The normalized spacial score (nSPS) is 9.71. The van der Waals surface area contributed by atoms with E-state index in [9.17, 15) is 0 Å². The zero-order chi connectivity index (χ0) is 22.8. The fraction of sp³-hybridized carbons (Fsp3) is 0.200. The lowest BCUT2D eigenvalue weighted by Gasteiger charge is -2.11. The molecule has 164 valence electrons. The highest BCUT2D eigenvalue weighted by Crippen LogP contribution is 2.14. The summed E-state index contributed by atoms with van der Waals surface area (Å²) in [6.45, 7) is 0. The summed E-state index contributed by atoms with van der Waals surface area (Å²) in [5.41, 5.74) is 11.7. The highest BCUT2D eigenvalue weighted by atomic mass is 79.9. The Bertz CT molecular complexity index is 1040. The molecule has 0 atom stereocenters. The fourth-order valence-corrected chi connectivity index (χ4v) is 2.50.